The fraction of sp³-hybridized carbons (Fsp3) is 0.929. The number of aliphatic hydroxyl groups is 4. The molecule has 1 heterocycles. The third-order valence-electron chi connectivity index (χ3n) is 4.79. The lowest BCUT2D eigenvalue weighted by Gasteiger charge is -2.46. The summed E-state index contributed by atoms with van der Waals surface area (Å²) in [5.74, 6) is -0.358. The average Bonchev–Trinajstić information content (AvgIpc) is 2.62. The summed E-state index contributed by atoms with van der Waals surface area (Å²) in [4.78, 5) is 11.7. The maximum atomic E-state index is 11.7. The number of halogens is 1. The Kier molecular flexibility index (Phi) is 7.73. The lowest BCUT2D eigenvalue weighted by atomic mass is 9.84. The molecule has 0 aromatic heterocycles. The lowest BCUT2D eigenvalue weighted by Crippen LogP contribution is -2.68. The summed E-state index contributed by atoms with van der Waals surface area (Å²) in [5.41, 5.74) is 17.2. The van der Waals surface area contributed by atoms with Gasteiger partial charge >= 0.3 is 0 Å². The van der Waals surface area contributed by atoms with Gasteiger partial charge in [-0.2, -0.15) is 0 Å². The number of nitrogens with two attached hydrogens (primary N) is 3. The molecule has 1 saturated heterocycles. The molecule has 1 aliphatic heterocycles. The van der Waals surface area contributed by atoms with Crippen LogP contribution in [0.25, 0.3) is 0 Å². The van der Waals surface area contributed by atoms with Crippen LogP contribution in [0.3, 0.4) is 0 Å². The number of rotatable bonds is 5. The van der Waals surface area contributed by atoms with Crippen LogP contribution in [0.4, 0.5) is 0 Å². The van der Waals surface area contributed by atoms with Crippen LogP contribution < -0.4 is 22.5 Å². The van der Waals surface area contributed by atoms with Crippen LogP contribution in [-0.2, 0) is 14.3 Å². The van der Waals surface area contributed by atoms with Gasteiger partial charge < -0.3 is 52.4 Å². The van der Waals surface area contributed by atoms with E-state index in [0.717, 1.165) is 0 Å². The zero-order chi connectivity index (χ0) is 19.6. The predicted molar refractivity (Wildman–Crippen MR) is 92.9 cm³/mol. The molecule has 26 heavy (non-hydrogen) atoms. The topological polar surface area (TPSA) is 207 Å². The van der Waals surface area contributed by atoms with Gasteiger partial charge in [0.05, 0.1) is 23.5 Å². The molecule has 0 aromatic rings. The monoisotopic (exact) mass is 442 g/mol. The van der Waals surface area contributed by atoms with Crippen LogP contribution in [-0.4, -0.2) is 99.2 Å². The number of alkyl halides is 1. The minimum absolute atomic E-state index is 0.0315. The van der Waals surface area contributed by atoms with E-state index in [2.05, 4.69) is 21.2 Å². The van der Waals surface area contributed by atoms with Crippen LogP contribution in [0.2, 0.25) is 0 Å². The van der Waals surface area contributed by atoms with Gasteiger partial charge in [0.1, 0.15) is 30.5 Å². The lowest BCUT2D eigenvalue weighted by molar-refractivity contribution is -0.288. The van der Waals surface area contributed by atoms with E-state index in [4.69, 9.17) is 26.7 Å². The highest BCUT2D eigenvalue weighted by Crippen LogP contribution is 2.27. The van der Waals surface area contributed by atoms with Gasteiger partial charge in [0.15, 0.2) is 6.29 Å². The number of carbonyl (C=O) groups excluding carboxylic acids is 1. The van der Waals surface area contributed by atoms with Crippen molar-refractivity contribution in [2.45, 2.75) is 67.5 Å². The smallest absolute Gasteiger partial charge is 0.230 e. The molecule has 1 saturated carbocycles. The molecular weight excluding hydrogens is 416 g/mol. The molecule has 0 radical (unpaired) electrons. The van der Waals surface area contributed by atoms with Crippen LogP contribution in [0.5, 0.6) is 0 Å². The first-order valence-corrected chi connectivity index (χ1v) is 9.43. The zero-order valence-electron chi connectivity index (χ0n) is 14.0. The van der Waals surface area contributed by atoms with Crippen molar-refractivity contribution in [3.8, 4) is 0 Å². The number of nitrogens with one attached hydrogen (secondary N) is 1. The first-order chi connectivity index (χ1) is 12.2. The summed E-state index contributed by atoms with van der Waals surface area (Å²) in [6.07, 6.45) is -8.42. The first kappa shape index (κ1) is 21.9. The van der Waals surface area contributed by atoms with Crippen molar-refractivity contribution >= 4 is 21.8 Å². The molecule has 0 spiro atoms. The first-order valence-electron chi connectivity index (χ1n) is 8.31. The molecular formula is C14H27BrN4O7. The molecule has 152 valence electrons. The number of hydrogen-bond donors (Lipinski definition) is 8. The molecule has 10 atom stereocenters. The fourth-order valence-corrected chi connectivity index (χ4v) is 3.40. The fourth-order valence-electron chi connectivity index (χ4n) is 3.24. The van der Waals surface area contributed by atoms with E-state index in [1.54, 1.807) is 0 Å². The second-order valence-corrected chi connectivity index (χ2v) is 7.19. The van der Waals surface area contributed by atoms with Gasteiger partial charge in [-0.25, -0.2) is 0 Å². The van der Waals surface area contributed by atoms with Crippen molar-refractivity contribution < 1.29 is 34.7 Å². The van der Waals surface area contributed by atoms with E-state index in [-0.39, 0.29) is 24.2 Å². The minimum Gasteiger partial charge on any atom is -0.389 e. The van der Waals surface area contributed by atoms with E-state index in [1.807, 2.05) is 0 Å². The number of aliphatic hydroxyl groups excluding tert-OH is 4. The standard InChI is InChI=1S/C14H27BrN4O7/c15-2-7(20)19-5-1-4(17)9(21)12(24)13(5)26-14-8(18)11(23)10(22)6(3-16)25-14/h4-6,8-14,21-24H,1-3,16-18H2,(H,19,20)/t4?,5?,6-,8-,9?,10-,11-,12?,13?,14-/m0/s1. The predicted octanol–water partition coefficient (Wildman–Crippen LogP) is -4.56. The molecule has 5 unspecified atom stereocenters. The van der Waals surface area contributed by atoms with Crippen LogP contribution in [0.15, 0.2) is 0 Å². The molecule has 2 fully saturated rings. The van der Waals surface area contributed by atoms with E-state index < -0.39 is 61.0 Å². The summed E-state index contributed by atoms with van der Waals surface area (Å²) >= 11 is 3.03. The van der Waals surface area contributed by atoms with Crippen LogP contribution in [0, 0.1) is 0 Å². The van der Waals surface area contributed by atoms with Crippen LogP contribution >= 0.6 is 15.9 Å². The molecule has 11 nitrogen and oxygen atoms in total. The third-order valence-corrected chi connectivity index (χ3v) is 5.30. The van der Waals surface area contributed by atoms with Crippen molar-refractivity contribution in [1.29, 1.82) is 0 Å². The quantitative estimate of drug-likeness (QED) is 0.191. The summed E-state index contributed by atoms with van der Waals surface area (Å²) in [6, 6.07) is -2.61. The van der Waals surface area contributed by atoms with Gasteiger partial charge in [0.2, 0.25) is 5.91 Å². The number of amides is 1. The molecule has 0 bridgehead atoms. The van der Waals surface area contributed by atoms with Gasteiger partial charge in [0, 0.05) is 12.6 Å². The Morgan fingerprint density at radius 3 is 2.38 bits per heavy atom. The van der Waals surface area contributed by atoms with Gasteiger partial charge in [-0.3, -0.25) is 4.79 Å². The van der Waals surface area contributed by atoms with Crippen molar-refractivity contribution in [3.63, 3.8) is 0 Å². The molecule has 12 heteroatoms. The van der Waals surface area contributed by atoms with E-state index in [0.29, 0.717) is 0 Å². The minimum atomic E-state index is -1.42. The highest BCUT2D eigenvalue weighted by molar-refractivity contribution is 9.09. The average molecular weight is 443 g/mol. The van der Waals surface area contributed by atoms with Crippen LogP contribution in [0.1, 0.15) is 6.42 Å². The van der Waals surface area contributed by atoms with E-state index in [1.165, 1.54) is 0 Å². The van der Waals surface area contributed by atoms with E-state index in [9.17, 15) is 25.2 Å². The largest absolute Gasteiger partial charge is 0.389 e. The van der Waals surface area contributed by atoms with Crippen molar-refractivity contribution in [2.75, 3.05) is 11.9 Å². The Bertz CT molecular complexity index is 488. The molecule has 0 aromatic carbocycles. The van der Waals surface area contributed by atoms with Gasteiger partial charge in [0.25, 0.3) is 0 Å². The second kappa shape index (κ2) is 9.19. The van der Waals surface area contributed by atoms with Crippen molar-refractivity contribution in [1.82, 2.24) is 5.32 Å². The number of hydrogen-bond acceptors (Lipinski definition) is 10. The Hall–Kier alpha value is -0.410. The Balaban J connectivity index is 2.17. The van der Waals surface area contributed by atoms with Crippen molar-refractivity contribution in [3.05, 3.63) is 0 Å². The summed E-state index contributed by atoms with van der Waals surface area (Å²) in [5, 5.41) is 43.1. The second-order valence-electron chi connectivity index (χ2n) is 6.63. The normalized spacial score (nSPS) is 46.8. The maximum Gasteiger partial charge on any atom is 0.230 e. The highest BCUT2D eigenvalue weighted by Gasteiger charge is 2.48. The summed E-state index contributed by atoms with van der Waals surface area (Å²) < 4.78 is 11.2. The van der Waals surface area contributed by atoms with Gasteiger partial charge in [-0.15, -0.1) is 0 Å². The SMILES string of the molecule is NC[C@@H]1O[C@@H](OC2C(NC(=O)CBr)CC(N)C(O)C2O)[C@@H](N)[C@H](O)[C@H]1O. The number of ether oxygens (including phenoxy) is 2. The molecule has 1 aliphatic carbocycles. The van der Waals surface area contributed by atoms with Crippen molar-refractivity contribution in [2.24, 2.45) is 17.2 Å². The van der Waals surface area contributed by atoms with Gasteiger partial charge in [-0.05, 0) is 6.42 Å². The summed E-state index contributed by atoms with van der Waals surface area (Å²) in [7, 11) is 0. The van der Waals surface area contributed by atoms with E-state index >= 15 is 0 Å². The Morgan fingerprint density at radius 2 is 1.81 bits per heavy atom. The third kappa shape index (κ3) is 4.52. The van der Waals surface area contributed by atoms with Gasteiger partial charge in [-0.1, -0.05) is 15.9 Å². The maximum absolute atomic E-state index is 11.7. The molecule has 2 rings (SSSR count). The molecule has 2 aliphatic rings. The summed E-state index contributed by atoms with van der Waals surface area (Å²) in [6.45, 7) is -0.0880. The molecule has 11 N–H and O–H groups in total. The Labute approximate surface area is 158 Å². The zero-order valence-corrected chi connectivity index (χ0v) is 15.6. The molecule has 1 amide bonds. The Morgan fingerprint density at radius 1 is 1.15 bits per heavy atom. The highest BCUT2D eigenvalue weighted by atomic mass is 79.9. The number of carbonyl (C=O) groups is 1.